The molecule has 1 nitrogen and oxygen atoms in total. The molecular formula is C15H15NS2. The molecule has 1 aromatic carbocycles. The van der Waals surface area contributed by atoms with Gasteiger partial charge in [-0.05, 0) is 25.1 Å². The number of nitrogens with two attached hydrogens (primary N) is 1. The Morgan fingerprint density at radius 1 is 1.33 bits per heavy atom. The molecule has 2 aromatic rings. The Morgan fingerprint density at radius 3 is 3.00 bits per heavy atom. The fourth-order valence-corrected chi connectivity index (χ4v) is 3.42. The lowest BCUT2D eigenvalue weighted by molar-refractivity contribution is 1.30. The summed E-state index contributed by atoms with van der Waals surface area (Å²) in [6.07, 6.45) is 0. The first-order valence-corrected chi connectivity index (χ1v) is 7.60. The topological polar surface area (TPSA) is 26.0 Å². The fraction of sp³-hybridized carbons (Fsp3) is 0.200. The van der Waals surface area contributed by atoms with Crippen LogP contribution in [0.5, 0.6) is 0 Å². The molecule has 0 bridgehead atoms. The molecule has 0 saturated carbocycles. The molecule has 0 amide bonds. The van der Waals surface area contributed by atoms with Crippen molar-refractivity contribution in [2.24, 2.45) is 5.73 Å². The molecule has 0 fully saturated rings. The summed E-state index contributed by atoms with van der Waals surface area (Å²) in [6.45, 7) is 2.54. The molecule has 0 spiro atoms. The zero-order valence-corrected chi connectivity index (χ0v) is 11.9. The summed E-state index contributed by atoms with van der Waals surface area (Å²) in [6, 6.07) is 10.7. The van der Waals surface area contributed by atoms with Crippen molar-refractivity contribution in [1.82, 2.24) is 0 Å². The first kappa shape index (κ1) is 13.2. The van der Waals surface area contributed by atoms with Gasteiger partial charge in [0, 0.05) is 26.5 Å². The van der Waals surface area contributed by atoms with Crippen LogP contribution in [0.4, 0.5) is 0 Å². The Hall–Kier alpha value is -1.21. The Morgan fingerprint density at radius 2 is 2.22 bits per heavy atom. The summed E-state index contributed by atoms with van der Waals surface area (Å²) in [4.78, 5) is 2.67. The second kappa shape index (κ2) is 6.65. The molecule has 0 atom stereocenters. The van der Waals surface area contributed by atoms with Gasteiger partial charge in [-0.25, -0.2) is 0 Å². The molecular weight excluding hydrogens is 258 g/mol. The molecule has 0 aliphatic carbocycles. The van der Waals surface area contributed by atoms with E-state index in [4.69, 9.17) is 5.73 Å². The van der Waals surface area contributed by atoms with Gasteiger partial charge in [0.2, 0.25) is 0 Å². The highest BCUT2D eigenvalue weighted by Gasteiger charge is 2.00. The third-order valence-corrected chi connectivity index (χ3v) is 4.52. The maximum atomic E-state index is 5.36. The molecule has 2 rings (SSSR count). The third-order valence-electron chi connectivity index (χ3n) is 2.36. The van der Waals surface area contributed by atoms with Crippen LogP contribution in [0.3, 0.4) is 0 Å². The standard InChI is InChI=1S/C15H15NS2/c1-12-4-2-6-14(8-12)18-11-15-9-13(10-17-15)5-3-7-16/h2,4,6,8-10H,7,11,16H2,1H3. The molecule has 0 radical (unpaired) electrons. The Bertz CT molecular complexity index is 575. The van der Waals surface area contributed by atoms with Crippen LogP contribution >= 0.6 is 23.1 Å². The normalized spacial score (nSPS) is 9.89. The van der Waals surface area contributed by atoms with Gasteiger partial charge in [0.1, 0.15) is 0 Å². The van der Waals surface area contributed by atoms with Gasteiger partial charge in [0.15, 0.2) is 0 Å². The number of aryl methyl sites for hydroxylation is 1. The molecule has 0 aliphatic heterocycles. The molecule has 0 unspecified atom stereocenters. The van der Waals surface area contributed by atoms with Crippen molar-refractivity contribution < 1.29 is 0 Å². The summed E-state index contributed by atoms with van der Waals surface area (Å²) in [5, 5.41) is 2.09. The van der Waals surface area contributed by atoms with Gasteiger partial charge < -0.3 is 5.73 Å². The average molecular weight is 273 g/mol. The SMILES string of the molecule is Cc1cccc(SCc2cc(C#CCN)cs2)c1. The zero-order chi connectivity index (χ0) is 12.8. The van der Waals surface area contributed by atoms with Gasteiger partial charge in [-0.2, -0.15) is 0 Å². The minimum Gasteiger partial charge on any atom is -0.320 e. The van der Waals surface area contributed by atoms with E-state index in [-0.39, 0.29) is 0 Å². The van der Waals surface area contributed by atoms with Gasteiger partial charge in [-0.3, -0.25) is 0 Å². The van der Waals surface area contributed by atoms with Crippen molar-refractivity contribution in [3.8, 4) is 11.8 Å². The van der Waals surface area contributed by atoms with Gasteiger partial charge in [-0.15, -0.1) is 23.1 Å². The summed E-state index contributed by atoms with van der Waals surface area (Å²) in [5.41, 5.74) is 7.74. The Balaban J connectivity index is 1.96. The van der Waals surface area contributed by atoms with Crippen LogP contribution in [0.1, 0.15) is 16.0 Å². The molecule has 1 heterocycles. The van der Waals surface area contributed by atoms with E-state index in [1.807, 2.05) is 11.8 Å². The van der Waals surface area contributed by atoms with E-state index >= 15 is 0 Å². The molecule has 3 heteroatoms. The number of hydrogen-bond donors (Lipinski definition) is 1. The molecule has 2 N–H and O–H groups in total. The number of rotatable bonds is 3. The predicted octanol–water partition coefficient (Wildman–Crippen LogP) is 3.66. The summed E-state index contributed by atoms with van der Waals surface area (Å²) >= 11 is 3.62. The van der Waals surface area contributed by atoms with Crippen LogP contribution in [0.15, 0.2) is 40.6 Å². The second-order valence-electron chi connectivity index (χ2n) is 3.91. The van der Waals surface area contributed by atoms with Crippen molar-refractivity contribution in [3.05, 3.63) is 51.7 Å². The van der Waals surface area contributed by atoms with Crippen molar-refractivity contribution >= 4 is 23.1 Å². The van der Waals surface area contributed by atoms with E-state index in [2.05, 4.69) is 54.5 Å². The van der Waals surface area contributed by atoms with Gasteiger partial charge in [0.25, 0.3) is 0 Å². The number of thioether (sulfide) groups is 1. The van der Waals surface area contributed by atoms with E-state index in [1.54, 1.807) is 11.3 Å². The van der Waals surface area contributed by atoms with Crippen LogP contribution in [-0.2, 0) is 5.75 Å². The monoisotopic (exact) mass is 273 g/mol. The fourth-order valence-electron chi connectivity index (χ4n) is 1.53. The van der Waals surface area contributed by atoms with Gasteiger partial charge in [0.05, 0.1) is 6.54 Å². The summed E-state index contributed by atoms with van der Waals surface area (Å²) < 4.78 is 0. The van der Waals surface area contributed by atoms with E-state index < -0.39 is 0 Å². The highest BCUT2D eigenvalue weighted by atomic mass is 32.2. The largest absolute Gasteiger partial charge is 0.320 e. The number of thiophene rings is 1. The summed E-state index contributed by atoms with van der Waals surface area (Å²) in [5.74, 6) is 6.93. The van der Waals surface area contributed by atoms with Crippen molar-refractivity contribution in [2.75, 3.05) is 6.54 Å². The number of hydrogen-bond acceptors (Lipinski definition) is 3. The van der Waals surface area contributed by atoms with Crippen LogP contribution in [0.25, 0.3) is 0 Å². The molecule has 92 valence electrons. The third kappa shape index (κ3) is 3.92. The minimum absolute atomic E-state index is 0.420. The smallest absolute Gasteiger partial charge is 0.0555 e. The highest BCUT2D eigenvalue weighted by Crippen LogP contribution is 2.26. The first-order valence-electron chi connectivity index (χ1n) is 5.74. The number of benzene rings is 1. The van der Waals surface area contributed by atoms with Crippen LogP contribution < -0.4 is 5.73 Å². The van der Waals surface area contributed by atoms with E-state index in [9.17, 15) is 0 Å². The molecule has 0 aliphatic rings. The van der Waals surface area contributed by atoms with Crippen molar-refractivity contribution in [1.29, 1.82) is 0 Å². The lowest BCUT2D eigenvalue weighted by Crippen LogP contribution is -1.92. The second-order valence-corrected chi connectivity index (χ2v) is 5.96. The molecule has 1 aromatic heterocycles. The average Bonchev–Trinajstić information content (AvgIpc) is 2.82. The van der Waals surface area contributed by atoms with Crippen LogP contribution in [0.2, 0.25) is 0 Å². The van der Waals surface area contributed by atoms with E-state index in [0.717, 1.165) is 11.3 Å². The first-order chi connectivity index (χ1) is 8.78. The Kier molecular flexibility index (Phi) is 4.89. The lowest BCUT2D eigenvalue weighted by atomic mass is 10.2. The highest BCUT2D eigenvalue weighted by molar-refractivity contribution is 7.98. The van der Waals surface area contributed by atoms with Gasteiger partial charge >= 0.3 is 0 Å². The van der Waals surface area contributed by atoms with Crippen LogP contribution in [-0.4, -0.2) is 6.54 Å². The maximum Gasteiger partial charge on any atom is 0.0555 e. The predicted molar refractivity (Wildman–Crippen MR) is 81.0 cm³/mol. The minimum atomic E-state index is 0.420. The van der Waals surface area contributed by atoms with E-state index in [1.165, 1.54) is 15.3 Å². The van der Waals surface area contributed by atoms with Gasteiger partial charge in [-0.1, -0.05) is 29.5 Å². The van der Waals surface area contributed by atoms with Crippen molar-refractivity contribution in [2.45, 2.75) is 17.6 Å². The van der Waals surface area contributed by atoms with Crippen molar-refractivity contribution in [3.63, 3.8) is 0 Å². The maximum absolute atomic E-state index is 5.36. The quantitative estimate of drug-likeness (QED) is 0.682. The lowest BCUT2D eigenvalue weighted by Gasteiger charge is -2.00. The molecule has 0 saturated heterocycles. The summed E-state index contributed by atoms with van der Waals surface area (Å²) in [7, 11) is 0. The Labute approximate surface area is 116 Å². The van der Waals surface area contributed by atoms with Crippen LogP contribution in [0, 0.1) is 18.8 Å². The molecule has 18 heavy (non-hydrogen) atoms. The zero-order valence-electron chi connectivity index (χ0n) is 10.3. The van der Waals surface area contributed by atoms with E-state index in [0.29, 0.717) is 6.54 Å².